The topological polar surface area (TPSA) is 76.0 Å². The van der Waals surface area contributed by atoms with Gasteiger partial charge in [-0.15, -0.1) is 0 Å². The van der Waals surface area contributed by atoms with Crippen LogP contribution in [0.5, 0.6) is 0 Å². The molecular formula is C20H17NO4. The van der Waals surface area contributed by atoms with Gasteiger partial charge < -0.3 is 9.84 Å². The number of carbonyl (C=O) groups excluding carboxylic acids is 2. The summed E-state index contributed by atoms with van der Waals surface area (Å²) < 4.78 is 5.07. The summed E-state index contributed by atoms with van der Waals surface area (Å²) in [6.45, 7) is 1.95. The molecule has 0 heterocycles. The monoisotopic (exact) mass is 335 g/mol. The van der Waals surface area contributed by atoms with Crippen molar-refractivity contribution < 1.29 is 19.4 Å². The zero-order valence-corrected chi connectivity index (χ0v) is 13.7. The van der Waals surface area contributed by atoms with E-state index in [1.54, 1.807) is 55.5 Å². The SMILES string of the molecule is CCOC(=O)[C@@H](N=CC1=C(O)c2ccccc2C1=O)c1ccccc1. The van der Waals surface area contributed by atoms with Gasteiger partial charge >= 0.3 is 5.97 Å². The minimum atomic E-state index is -0.891. The molecule has 0 bridgehead atoms. The Kier molecular flexibility index (Phi) is 4.75. The molecule has 0 saturated carbocycles. The summed E-state index contributed by atoms with van der Waals surface area (Å²) in [7, 11) is 0. The molecule has 0 spiro atoms. The van der Waals surface area contributed by atoms with Crippen LogP contribution in [0, 0.1) is 0 Å². The fourth-order valence-corrected chi connectivity index (χ4v) is 2.69. The van der Waals surface area contributed by atoms with Crippen LogP contribution in [0.2, 0.25) is 0 Å². The number of aliphatic imine (C=N–C) groups is 1. The summed E-state index contributed by atoms with van der Waals surface area (Å²) in [5.41, 5.74) is 1.63. The molecule has 1 aliphatic rings. The molecule has 2 aromatic carbocycles. The van der Waals surface area contributed by atoms with E-state index in [0.29, 0.717) is 16.7 Å². The first kappa shape index (κ1) is 16.6. The lowest BCUT2D eigenvalue weighted by atomic mass is 10.1. The number of rotatable bonds is 5. The van der Waals surface area contributed by atoms with Crippen LogP contribution in [-0.2, 0) is 9.53 Å². The van der Waals surface area contributed by atoms with Crippen molar-refractivity contribution in [2.75, 3.05) is 6.61 Å². The van der Waals surface area contributed by atoms with Crippen molar-refractivity contribution in [2.45, 2.75) is 13.0 Å². The van der Waals surface area contributed by atoms with Gasteiger partial charge in [-0.25, -0.2) is 4.79 Å². The molecule has 0 saturated heterocycles. The Labute approximate surface area is 145 Å². The highest BCUT2D eigenvalue weighted by atomic mass is 16.5. The number of ether oxygens (including phenoxy) is 1. The van der Waals surface area contributed by atoms with Gasteiger partial charge in [0.2, 0.25) is 0 Å². The molecule has 0 amide bonds. The predicted molar refractivity (Wildman–Crippen MR) is 94.6 cm³/mol. The first-order valence-corrected chi connectivity index (χ1v) is 7.95. The van der Waals surface area contributed by atoms with Crippen LogP contribution in [-0.4, -0.2) is 29.7 Å². The molecule has 5 nitrogen and oxygen atoms in total. The fraction of sp³-hybridized carbons (Fsp3) is 0.150. The van der Waals surface area contributed by atoms with Crippen molar-refractivity contribution in [1.82, 2.24) is 0 Å². The second-order valence-electron chi connectivity index (χ2n) is 5.48. The van der Waals surface area contributed by atoms with Gasteiger partial charge in [0.05, 0.1) is 12.2 Å². The first-order valence-electron chi connectivity index (χ1n) is 7.95. The Morgan fingerprint density at radius 1 is 1.12 bits per heavy atom. The second kappa shape index (κ2) is 7.13. The number of benzene rings is 2. The van der Waals surface area contributed by atoms with Crippen molar-refractivity contribution in [2.24, 2.45) is 4.99 Å². The molecule has 5 heteroatoms. The summed E-state index contributed by atoms with van der Waals surface area (Å²) in [6.07, 6.45) is 1.26. The number of ketones is 1. The summed E-state index contributed by atoms with van der Waals surface area (Å²) in [4.78, 5) is 28.9. The molecule has 1 atom stereocenters. The molecule has 2 aromatic rings. The minimum Gasteiger partial charge on any atom is -0.506 e. The van der Waals surface area contributed by atoms with E-state index in [4.69, 9.17) is 4.74 Å². The van der Waals surface area contributed by atoms with Gasteiger partial charge in [-0.05, 0) is 12.5 Å². The predicted octanol–water partition coefficient (Wildman–Crippen LogP) is 3.53. The number of Topliss-reactive ketones (excluding diaryl/α,β-unsaturated/α-hetero) is 1. The summed E-state index contributed by atoms with van der Waals surface area (Å²) in [5, 5.41) is 10.3. The van der Waals surface area contributed by atoms with Crippen molar-refractivity contribution in [3.8, 4) is 0 Å². The van der Waals surface area contributed by atoms with Crippen molar-refractivity contribution in [3.05, 3.63) is 76.9 Å². The highest BCUT2D eigenvalue weighted by molar-refractivity contribution is 6.30. The van der Waals surface area contributed by atoms with Crippen molar-refractivity contribution in [3.63, 3.8) is 0 Å². The van der Waals surface area contributed by atoms with Crippen LogP contribution < -0.4 is 0 Å². The van der Waals surface area contributed by atoms with Gasteiger partial charge in [-0.2, -0.15) is 0 Å². The van der Waals surface area contributed by atoms with E-state index in [2.05, 4.69) is 4.99 Å². The van der Waals surface area contributed by atoms with E-state index in [1.165, 1.54) is 6.21 Å². The van der Waals surface area contributed by atoms with E-state index < -0.39 is 12.0 Å². The number of fused-ring (bicyclic) bond motifs is 1. The maximum absolute atomic E-state index is 12.4. The maximum atomic E-state index is 12.4. The van der Waals surface area contributed by atoms with Crippen LogP contribution in [0.25, 0.3) is 5.76 Å². The summed E-state index contributed by atoms with van der Waals surface area (Å²) in [6, 6.07) is 14.9. The number of aliphatic hydroxyl groups is 1. The largest absolute Gasteiger partial charge is 0.506 e. The highest BCUT2D eigenvalue weighted by Gasteiger charge is 2.29. The zero-order chi connectivity index (χ0) is 17.8. The second-order valence-corrected chi connectivity index (χ2v) is 5.48. The zero-order valence-electron chi connectivity index (χ0n) is 13.7. The molecule has 0 aliphatic heterocycles. The summed E-state index contributed by atoms with van der Waals surface area (Å²) in [5.74, 6) is -0.944. The maximum Gasteiger partial charge on any atom is 0.335 e. The molecule has 1 aliphatic carbocycles. The lowest BCUT2D eigenvalue weighted by Crippen LogP contribution is -2.15. The van der Waals surface area contributed by atoms with Crippen molar-refractivity contribution in [1.29, 1.82) is 0 Å². The van der Waals surface area contributed by atoms with E-state index in [1.807, 2.05) is 6.07 Å². The number of hydrogen-bond donors (Lipinski definition) is 1. The van der Waals surface area contributed by atoms with Gasteiger partial charge in [0.1, 0.15) is 5.76 Å². The van der Waals surface area contributed by atoms with Crippen LogP contribution in [0.15, 0.2) is 65.2 Å². The quantitative estimate of drug-likeness (QED) is 0.670. The third kappa shape index (κ3) is 3.21. The van der Waals surface area contributed by atoms with Crippen LogP contribution >= 0.6 is 0 Å². The third-order valence-electron chi connectivity index (χ3n) is 3.90. The molecule has 25 heavy (non-hydrogen) atoms. The average molecular weight is 335 g/mol. The first-order chi connectivity index (χ1) is 12.1. The molecule has 0 radical (unpaired) electrons. The van der Waals surface area contributed by atoms with E-state index in [9.17, 15) is 14.7 Å². The van der Waals surface area contributed by atoms with Crippen LogP contribution in [0.3, 0.4) is 0 Å². The normalized spacial score (nSPS) is 14.7. The van der Waals surface area contributed by atoms with E-state index in [-0.39, 0.29) is 23.7 Å². The minimum absolute atomic E-state index is 0.0754. The molecule has 0 fully saturated rings. The van der Waals surface area contributed by atoms with E-state index >= 15 is 0 Å². The highest BCUT2D eigenvalue weighted by Crippen LogP contribution is 2.30. The van der Waals surface area contributed by atoms with Crippen LogP contribution in [0.4, 0.5) is 0 Å². The number of nitrogens with zero attached hydrogens (tertiary/aromatic N) is 1. The van der Waals surface area contributed by atoms with Gasteiger partial charge in [0.15, 0.2) is 11.8 Å². The Bertz CT molecular complexity index is 868. The van der Waals surface area contributed by atoms with Crippen molar-refractivity contribution >= 4 is 23.7 Å². The Morgan fingerprint density at radius 3 is 2.40 bits per heavy atom. The lowest BCUT2D eigenvalue weighted by molar-refractivity contribution is -0.144. The molecular weight excluding hydrogens is 318 g/mol. The Morgan fingerprint density at radius 2 is 1.76 bits per heavy atom. The van der Waals surface area contributed by atoms with Gasteiger partial charge in [-0.3, -0.25) is 9.79 Å². The van der Waals surface area contributed by atoms with Gasteiger partial charge in [0, 0.05) is 17.3 Å². The lowest BCUT2D eigenvalue weighted by Gasteiger charge is -2.11. The van der Waals surface area contributed by atoms with E-state index in [0.717, 1.165) is 0 Å². The molecule has 1 N–H and O–H groups in total. The number of allylic oxidation sites excluding steroid dienone is 1. The number of carbonyl (C=O) groups is 2. The number of esters is 1. The number of hydrogen-bond acceptors (Lipinski definition) is 5. The Hall–Kier alpha value is -3.21. The summed E-state index contributed by atoms with van der Waals surface area (Å²) >= 11 is 0. The standard InChI is InChI=1S/C20H17NO4/c1-2-25-20(24)17(13-8-4-3-5-9-13)21-12-16-18(22)14-10-6-7-11-15(14)19(16)23/h3-12,17,22H,2H2,1H3/t17-/m0/s1. The van der Waals surface area contributed by atoms with Gasteiger partial charge in [0.25, 0.3) is 0 Å². The smallest absolute Gasteiger partial charge is 0.335 e. The van der Waals surface area contributed by atoms with Gasteiger partial charge in [-0.1, -0.05) is 54.6 Å². The Balaban J connectivity index is 1.94. The molecule has 0 unspecified atom stereocenters. The number of aliphatic hydroxyl groups excluding tert-OH is 1. The molecule has 0 aromatic heterocycles. The van der Waals surface area contributed by atoms with Crippen LogP contribution in [0.1, 0.15) is 34.5 Å². The molecule has 3 rings (SSSR count). The third-order valence-corrected chi connectivity index (χ3v) is 3.90. The fourth-order valence-electron chi connectivity index (χ4n) is 2.69. The average Bonchev–Trinajstić information content (AvgIpc) is 2.88. The molecule has 126 valence electrons.